The van der Waals surface area contributed by atoms with Crippen molar-refractivity contribution in [3.63, 3.8) is 0 Å². The van der Waals surface area contributed by atoms with Crippen LogP contribution in [0.1, 0.15) is 47.2 Å². The molecule has 1 aromatic rings. The van der Waals surface area contributed by atoms with E-state index in [0.29, 0.717) is 6.04 Å². The van der Waals surface area contributed by atoms with E-state index in [-0.39, 0.29) is 5.91 Å². The second-order valence-electron chi connectivity index (χ2n) is 4.77. The maximum absolute atomic E-state index is 12.0. The highest BCUT2D eigenvalue weighted by Crippen LogP contribution is 2.19. The van der Waals surface area contributed by atoms with Crippen LogP contribution in [0.4, 0.5) is 0 Å². The summed E-state index contributed by atoms with van der Waals surface area (Å²) in [5.74, 6) is 0.0874. The van der Waals surface area contributed by atoms with E-state index < -0.39 is 0 Å². The van der Waals surface area contributed by atoms with Gasteiger partial charge in [0.05, 0.1) is 0 Å². The number of rotatable bonds is 2. The lowest BCUT2D eigenvalue weighted by Gasteiger charge is -2.13. The van der Waals surface area contributed by atoms with E-state index in [1.54, 1.807) is 0 Å². The first-order valence-electron chi connectivity index (χ1n) is 6.05. The third-order valence-electron chi connectivity index (χ3n) is 3.32. The minimum absolute atomic E-state index is 0.0874. The van der Waals surface area contributed by atoms with Crippen LogP contribution in [0, 0.1) is 13.8 Å². The van der Waals surface area contributed by atoms with Crippen molar-refractivity contribution >= 4 is 5.91 Å². The summed E-state index contributed by atoms with van der Waals surface area (Å²) in [6.07, 6.45) is 4.77. The van der Waals surface area contributed by atoms with Crippen LogP contribution in [0.2, 0.25) is 0 Å². The van der Waals surface area contributed by atoms with Gasteiger partial charge in [0.25, 0.3) is 5.91 Å². The van der Waals surface area contributed by atoms with Gasteiger partial charge >= 0.3 is 0 Å². The summed E-state index contributed by atoms with van der Waals surface area (Å²) in [6.45, 7) is 4.04. The molecule has 1 aliphatic rings. The number of nitrogens with one attached hydrogen (secondary N) is 1. The zero-order valence-corrected chi connectivity index (χ0v) is 10.0. The van der Waals surface area contributed by atoms with Crippen molar-refractivity contribution in [3.8, 4) is 0 Å². The fourth-order valence-electron chi connectivity index (χ4n) is 2.40. The molecule has 1 aromatic carbocycles. The fraction of sp³-hybridized carbons (Fsp3) is 0.500. The van der Waals surface area contributed by atoms with Crippen LogP contribution < -0.4 is 5.32 Å². The Balaban J connectivity index is 2.08. The molecule has 1 amide bonds. The number of aryl methyl sites for hydroxylation is 2. The Morgan fingerprint density at radius 2 is 1.94 bits per heavy atom. The molecule has 0 spiro atoms. The highest BCUT2D eigenvalue weighted by atomic mass is 16.1. The fourth-order valence-corrected chi connectivity index (χ4v) is 2.40. The molecule has 0 saturated heterocycles. The number of hydrogen-bond acceptors (Lipinski definition) is 1. The molecule has 1 aliphatic carbocycles. The van der Waals surface area contributed by atoms with Gasteiger partial charge in [-0.3, -0.25) is 4.79 Å². The van der Waals surface area contributed by atoms with E-state index in [0.717, 1.165) is 24.0 Å². The van der Waals surface area contributed by atoms with Crippen molar-refractivity contribution in [2.45, 2.75) is 45.6 Å². The molecule has 0 atom stereocenters. The summed E-state index contributed by atoms with van der Waals surface area (Å²) in [4.78, 5) is 12.0. The lowest BCUT2D eigenvalue weighted by molar-refractivity contribution is 0.0937. The second-order valence-corrected chi connectivity index (χ2v) is 4.77. The highest BCUT2D eigenvalue weighted by Gasteiger charge is 2.18. The Bertz CT molecular complexity index is 392. The molecule has 2 rings (SSSR count). The first-order valence-corrected chi connectivity index (χ1v) is 6.05. The Kier molecular flexibility index (Phi) is 3.28. The predicted octanol–water partition coefficient (Wildman–Crippen LogP) is 2.98. The normalized spacial score (nSPS) is 16.4. The average Bonchev–Trinajstić information content (AvgIpc) is 2.70. The van der Waals surface area contributed by atoms with Crippen molar-refractivity contribution in [3.05, 3.63) is 34.9 Å². The highest BCUT2D eigenvalue weighted by molar-refractivity contribution is 5.95. The van der Waals surface area contributed by atoms with E-state index in [4.69, 9.17) is 0 Å². The molecule has 86 valence electrons. The first-order chi connectivity index (χ1) is 7.66. The zero-order chi connectivity index (χ0) is 11.5. The van der Waals surface area contributed by atoms with Crippen LogP contribution >= 0.6 is 0 Å². The molecule has 1 saturated carbocycles. The lowest BCUT2D eigenvalue weighted by atomic mass is 10.0. The average molecular weight is 217 g/mol. The van der Waals surface area contributed by atoms with Crippen molar-refractivity contribution in [2.75, 3.05) is 0 Å². The van der Waals surface area contributed by atoms with Crippen LogP contribution in [0.25, 0.3) is 0 Å². The third kappa shape index (κ3) is 2.43. The molecular weight excluding hydrogens is 198 g/mol. The quantitative estimate of drug-likeness (QED) is 0.810. The molecule has 1 fully saturated rings. The lowest BCUT2D eigenvalue weighted by Crippen LogP contribution is -2.32. The molecule has 2 nitrogen and oxygen atoms in total. The van der Waals surface area contributed by atoms with Crippen LogP contribution in [0.3, 0.4) is 0 Å². The predicted molar refractivity (Wildman–Crippen MR) is 65.6 cm³/mol. The molecule has 0 aliphatic heterocycles. The van der Waals surface area contributed by atoms with Gasteiger partial charge in [-0.25, -0.2) is 0 Å². The van der Waals surface area contributed by atoms with E-state index in [2.05, 4.69) is 11.4 Å². The maximum Gasteiger partial charge on any atom is 0.251 e. The van der Waals surface area contributed by atoms with Crippen LogP contribution in [0.15, 0.2) is 18.2 Å². The molecule has 0 radical (unpaired) electrons. The Morgan fingerprint density at radius 3 is 2.56 bits per heavy atom. The van der Waals surface area contributed by atoms with Crippen molar-refractivity contribution in [1.82, 2.24) is 5.32 Å². The summed E-state index contributed by atoms with van der Waals surface area (Å²) in [6, 6.07) is 6.38. The van der Waals surface area contributed by atoms with Crippen LogP contribution in [0.5, 0.6) is 0 Å². The molecular formula is C14H19NO. The summed E-state index contributed by atoms with van der Waals surface area (Å²) in [7, 11) is 0. The van der Waals surface area contributed by atoms with Gasteiger partial charge in [-0.05, 0) is 38.3 Å². The summed E-state index contributed by atoms with van der Waals surface area (Å²) >= 11 is 0. The van der Waals surface area contributed by atoms with Crippen LogP contribution in [-0.4, -0.2) is 11.9 Å². The number of amides is 1. The van der Waals surface area contributed by atoms with E-state index >= 15 is 0 Å². The summed E-state index contributed by atoms with van der Waals surface area (Å²) in [5.41, 5.74) is 3.09. The third-order valence-corrected chi connectivity index (χ3v) is 3.32. The van der Waals surface area contributed by atoms with Gasteiger partial charge < -0.3 is 5.32 Å². The molecule has 0 unspecified atom stereocenters. The van der Waals surface area contributed by atoms with Gasteiger partial charge in [0, 0.05) is 11.6 Å². The van der Waals surface area contributed by atoms with Gasteiger partial charge in [-0.2, -0.15) is 0 Å². The smallest absolute Gasteiger partial charge is 0.251 e. The number of carbonyl (C=O) groups excluding carboxylic acids is 1. The number of benzene rings is 1. The molecule has 2 heteroatoms. The number of hydrogen-bond donors (Lipinski definition) is 1. The molecule has 0 bridgehead atoms. The summed E-state index contributed by atoms with van der Waals surface area (Å²) in [5, 5.41) is 3.12. The minimum atomic E-state index is 0.0874. The Morgan fingerprint density at radius 1 is 1.25 bits per heavy atom. The van der Waals surface area contributed by atoms with Crippen molar-refractivity contribution in [2.24, 2.45) is 0 Å². The molecule has 1 N–H and O–H groups in total. The van der Waals surface area contributed by atoms with Crippen molar-refractivity contribution in [1.29, 1.82) is 0 Å². The standard InChI is InChI=1S/C14H19NO/c1-10-7-8-13(11(2)9-10)14(16)15-12-5-3-4-6-12/h7-9,12H,3-6H2,1-2H3,(H,15,16). The van der Waals surface area contributed by atoms with Crippen LogP contribution in [-0.2, 0) is 0 Å². The van der Waals surface area contributed by atoms with Gasteiger partial charge in [-0.1, -0.05) is 30.5 Å². The van der Waals surface area contributed by atoms with Gasteiger partial charge in [-0.15, -0.1) is 0 Å². The topological polar surface area (TPSA) is 29.1 Å². The molecule has 0 heterocycles. The largest absolute Gasteiger partial charge is 0.349 e. The van der Waals surface area contributed by atoms with Gasteiger partial charge in [0.15, 0.2) is 0 Å². The minimum Gasteiger partial charge on any atom is -0.349 e. The van der Waals surface area contributed by atoms with Gasteiger partial charge in [0.1, 0.15) is 0 Å². The first kappa shape index (κ1) is 11.2. The Labute approximate surface area is 97.1 Å². The SMILES string of the molecule is Cc1ccc(C(=O)NC2CCCC2)c(C)c1. The summed E-state index contributed by atoms with van der Waals surface area (Å²) < 4.78 is 0. The van der Waals surface area contributed by atoms with Gasteiger partial charge in [0.2, 0.25) is 0 Å². The molecule has 0 aromatic heterocycles. The molecule has 16 heavy (non-hydrogen) atoms. The van der Waals surface area contributed by atoms with Crippen molar-refractivity contribution < 1.29 is 4.79 Å². The maximum atomic E-state index is 12.0. The monoisotopic (exact) mass is 217 g/mol. The van der Waals surface area contributed by atoms with E-state index in [1.807, 2.05) is 26.0 Å². The zero-order valence-electron chi connectivity index (χ0n) is 10.0. The second kappa shape index (κ2) is 4.69. The Hall–Kier alpha value is -1.31. The van der Waals surface area contributed by atoms with E-state index in [1.165, 1.54) is 18.4 Å². The number of carbonyl (C=O) groups is 1. The van der Waals surface area contributed by atoms with E-state index in [9.17, 15) is 4.79 Å².